The van der Waals surface area contributed by atoms with E-state index in [2.05, 4.69) is 0 Å². The van der Waals surface area contributed by atoms with E-state index in [-0.39, 0.29) is 74.8 Å². The van der Waals surface area contributed by atoms with Gasteiger partial charge in [0.2, 0.25) is 5.79 Å². The maximum atomic E-state index is 14.5. The number of hydrogen-bond acceptors (Lipinski definition) is 14. The van der Waals surface area contributed by atoms with Crippen LogP contribution in [0.2, 0.25) is 0 Å². The highest BCUT2D eigenvalue weighted by Crippen LogP contribution is 2.39. The van der Waals surface area contributed by atoms with Gasteiger partial charge in [-0.15, -0.1) is 0 Å². The molecule has 2 bridgehead atoms. The Morgan fingerprint density at radius 2 is 1.62 bits per heavy atom. The minimum Gasteiger partial charge on any atom is -0.461 e. The molecule has 1 unspecified atom stereocenters. The monoisotopic (exact) mass is 972 g/mol. The molecule has 4 rings (SSSR count). The average Bonchev–Trinajstić information content (AvgIpc) is 3.33. The fraction of sp³-hybridized carbons (Fsp3) is 0.759. The minimum atomic E-state index is -2.42. The number of ketones is 2. The molecular formula is C54H85NO14. The molecule has 3 fully saturated rings. The molecular weight excluding hydrogens is 887 g/mol. The maximum absolute atomic E-state index is 14.5. The Balaban J connectivity index is 1.72. The number of Topliss-reactive ketones (excluding diaryl/α,β-unsaturated/α-hetero) is 2. The zero-order valence-corrected chi connectivity index (χ0v) is 43.1. The van der Waals surface area contributed by atoms with E-state index < -0.39 is 77.3 Å². The Labute approximate surface area is 411 Å². The molecule has 0 spiro atoms. The number of piperidine rings is 1. The highest BCUT2D eigenvalue weighted by molar-refractivity contribution is 6.39. The molecule has 69 heavy (non-hydrogen) atoms. The van der Waals surface area contributed by atoms with E-state index >= 15 is 0 Å². The number of ether oxygens (including phenoxy) is 6. The number of carbonyl (C=O) groups excluding carboxylic acids is 5. The molecule has 1 amide bonds. The van der Waals surface area contributed by atoms with Crippen LogP contribution in [0.4, 0.5) is 0 Å². The van der Waals surface area contributed by atoms with Crippen molar-refractivity contribution in [2.45, 2.75) is 186 Å². The smallest absolute Gasteiger partial charge is 0.329 e. The van der Waals surface area contributed by atoms with Gasteiger partial charge in [-0.2, -0.15) is 0 Å². The van der Waals surface area contributed by atoms with E-state index in [4.69, 9.17) is 28.4 Å². The van der Waals surface area contributed by atoms with Crippen molar-refractivity contribution in [3.63, 3.8) is 0 Å². The van der Waals surface area contributed by atoms with E-state index in [1.54, 1.807) is 41.1 Å². The van der Waals surface area contributed by atoms with Gasteiger partial charge in [0.1, 0.15) is 30.6 Å². The van der Waals surface area contributed by atoms with E-state index in [1.165, 1.54) is 12.0 Å². The van der Waals surface area contributed by atoms with Gasteiger partial charge < -0.3 is 53.4 Å². The van der Waals surface area contributed by atoms with Gasteiger partial charge in [-0.25, -0.2) is 4.79 Å². The van der Waals surface area contributed by atoms with Crippen LogP contribution in [0.15, 0.2) is 47.6 Å². The van der Waals surface area contributed by atoms with Crippen LogP contribution >= 0.6 is 0 Å². The van der Waals surface area contributed by atoms with Crippen molar-refractivity contribution in [2.24, 2.45) is 35.0 Å². The molecule has 390 valence electrons. The van der Waals surface area contributed by atoms with Crippen LogP contribution in [-0.4, -0.2) is 146 Å². The van der Waals surface area contributed by atoms with Gasteiger partial charge >= 0.3 is 5.97 Å². The van der Waals surface area contributed by atoms with Crippen molar-refractivity contribution in [3.8, 4) is 0 Å². The summed E-state index contributed by atoms with van der Waals surface area (Å²) >= 11 is 0. The van der Waals surface area contributed by atoms with Crippen LogP contribution in [0.1, 0.15) is 132 Å². The standard InChI is InChI=1S/C54H85NO14/c1-34-16-12-11-13-17-35(2)45(64-8)31-41-21-19-39(6)54(63,69-41)50(60)51(61)55-25-15-14-18-42(55)52(62)68-43(36(3)29-40-20-22-44(67-27-26-56)46(30-40)65-9)23-24-53(7,33-57)32-38(5)48(59)49(66-10)47(58)37(4)28-34/h11-13,16-17,32-34,36-37,39-46,48-49,56,59,63H,14-15,18-31H2,1-10H3/b13-11+,16-12+,35-17+,38-32+/t34-,36?,37-,39-,40+,41+,42+,43+,44-,45+,46-,48-,49+,53-,54-/m1/s1. The number of amides is 1. The molecule has 15 nitrogen and oxygen atoms in total. The molecule has 1 aliphatic carbocycles. The van der Waals surface area contributed by atoms with Crippen LogP contribution in [0.25, 0.3) is 0 Å². The summed E-state index contributed by atoms with van der Waals surface area (Å²) in [7, 11) is 4.61. The lowest BCUT2D eigenvalue weighted by Crippen LogP contribution is -2.61. The van der Waals surface area contributed by atoms with Gasteiger partial charge in [0, 0.05) is 51.5 Å². The largest absolute Gasteiger partial charge is 0.461 e. The topological polar surface area (TPSA) is 205 Å². The van der Waals surface area contributed by atoms with Gasteiger partial charge in [-0.05, 0) is 127 Å². The third-order valence-corrected chi connectivity index (χ3v) is 15.2. The molecule has 0 aromatic heterocycles. The van der Waals surface area contributed by atoms with Crippen LogP contribution in [0.3, 0.4) is 0 Å². The summed E-state index contributed by atoms with van der Waals surface area (Å²) in [5.74, 6) is -6.68. The number of allylic oxidation sites excluding steroid dienone is 6. The molecule has 0 aromatic carbocycles. The fourth-order valence-electron chi connectivity index (χ4n) is 10.8. The van der Waals surface area contributed by atoms with E-state index in [0.717, 1.165) is 24.7 Å². The maximum Gasteiger partial charge on any atom is 0.329 e. The molecule has 3 N–H and O–H groups in total. The number of aliphatic hydroxyl groups is 3. The Hall–Kier alpha value is -3.41. The van der Waals surface area contributed by atoms with Crippen molar-refractivity contribution in [3.05, 3.63) is 47.6 Å². The number of cyclic esters (lactones) is 1. The summed E-state index contributed by atoms with van der Waals surface area (Å²) in [5, 5.41) is 33.0. The first-order chi connectivity index (χ1) is 32.8. The summed E-state index contributed by atoms with van der Waals surface area (Å²) in [6.45, 7) is 13.0. The second-order valence-electron chi connectivity index (χ2n) is 20.8. The first kappa shape index (κ1) is 58.2. The second-order valence-corrected chi connectivity index (χ2v) is 20.8. The highest BCUT2D eigenvalue weighted by Gasteiger charge is 2.53. The Morgan fingerprint density at radius 3 is 2.29 bits per heavy atom. The van der Waals surface area contributed by atoms with Crippen LogP contribution in [0.5, 0.6) is 0 Å². The third kappa shape index (κ3) is 15.8. The molecule has 1 saturated carbocycles. The quantitative estimate of drug-likeness (QED) is 0.0916. The van der Waals surface area contributed by atoms with Crippen molar-refractivity contribution in [2.75, 3.05) is 41.1 Å². The number of fused-ring (bicyclic) bond motifs is 3. The van der Waals surface area contributed by atoms with E-state index in [9.17, 15) is 39.3 Å². The Bertz CT molecular complexity index is 1830. The van der Waals surface area contributed by atoms with Gasteiger partial charge in [0.05, 0.1) is 37.6 Å². The lowest BCUT2D eigenvalue weighted by atomic mass is 9.77. The zero-order chi connectivity index (χ0) is 51.1. The van der Waals surface area contributed by atoms with Crippen molar-refractivity contribution >= 4 is 29.7 Å². The highest BCUT2D eigenvalue weighted by atomic mass is 16.6. The predicted octanol–water partition coefficient (Wildman–Crippen LogP) is 6.59. The lowest BCUT2D eigenvalue weighted by Gasteiger charge is -2.43. The molecule has 15 atom stereocenters. The Kier molecular flexibility index (Phi) is 23.1. The normalized spacial score (nSPS) is 39.8. The predicted molar refractivity (Wildman–Crippen MR) is 261 cm³/mol. The molecule has 4 aliphatic rings. The average molecular weight is 972 g/mol. The minimum absolute atomic E-state index is 0.0118. The summed E-state index contributed by atoms with van der Waals surface area (Å²) in [6.07, 6.45) is 13.9. The number of nitrogens with zero attached hydrogens (tertiary/aromatic N) is 1. The summed E-state index contributed by atoms with van der Waals surface area (Å²) < 4.78 is 35.8. The van der Waals surface area contributed by atoms with Crippen molar-refractivity contribution < 1.29 is 67.7 Å². The molecule has 3 aliphatic heterocycles. The van der Waals surface area contributed by atoms with Gasteiger partial charge in [-0.1, -0.05) is 64.2 Å². The summed E-state index contributed by atoms with van der Waals surface area (Å²) in [6, 6.07) is -1.10. The molecule has 15 heteroatoms. The van der Waals surface area contributed by atoms with Crippen molar-refractivity contribution in [1.82, 2.24) is 4.90 Å². The van der Waals surface area contributed by atoms with Crippen LogP contribution in [0, 0.1) is 35.0 Å². The van der Waals surface area contributed by atoms with Gasteiger partial charge in [0.25, 0.3) is 11.7 Å². The van der Waals surface area contributed by atoms with Crippen LogP contribution < -0.4 is 0 Å². The second kappa shape index (κ2) is 27.4. The number of carbonyl (C=O) groups is 5. The van der Waals surface area contributed by atoms with E-state index in [1.807, 2.05) is 58.1 Å². The first-order valence-corrected chi connectivity index (χ1v) is 25.4. The first-order valence-electron chi connectivity index (χ1n) is 25.4. The molecule has 3 heterocycles. The summed E-state index contributed by atoms with van der Waals surface area (Å²) in [5.41, 5.74) is 0.113. The number of aldehydes is 1. The number of aliphatic hydroxyl groups excluding tert-OH is 2. The third-order valence-electron chi connectivity index (χ3n) is 15.2. The van der Waals surface area contributed by atoms with Crippen molar-refractivity contribution in [1.29, 1.82) is 0 Å². The van der Waals surface area contributed by atoms with Crippen LogP contribution in [-0.2, 0) is 52.4 Å². The van der Waals surface area contributed by atoms with E-state index in [0.29, 0.717) is 56.9 Å². The molecule has 2 saturated heterocycles. The SMILES string of the molecule is CO[C@H]1C[C@@H]2CC[C@@H](C)[C@@](O)(O2)C(=O)C(=O)N2CCCC[C@H]2C(=O)O[C@H](C(C)C[C@@H]2CC[C@@H](OCCO)[C@H](OC)C2)CC[C@@](C)(C=O)/C=C(\C)[C@@H](O)[C@@H](OC)C(=O)[C@H](C)C[C@H](C)/C=C/C=C/C=C/1C. The number of methoxy groups -OCH3 is 3. The molecule has 0 radical (unpaired) electrons. The zero-order valence-electron chi connectivity index (χ0n) is 43.1. The number of hydrogen-bond donors (Lipinski definition) is 3. The number of esters is 1. The van der Waals surface area contributed by atoms with Gasteiger partial charge in [0.15, 0.2) is 5.78 Å². The lowest BCUT2D eigenvalue weighted by molar-refractivity contribution is -0.265. The number of rotatable bonds is 10. The summed E-state index contributed by atoms with van der Waals surface area (Å²) in [4.78, 5) is 71.2. The van der Waals surface area contributed by atoms with Gasteiger partial charge in [-0.3, -0.25) is 14.4 Å². The molecule has 0 aromatic rings. The Morgan fingerprint density at radius 1 is 0.884 bits per heavy atom. The fourth-order valence-corrected chi connectivity index (χ4v) is 10.8.